The summed E-state index contributed by atoms with van der Waals surface area (Å²) in [6, 6.07) is 13.7. The van der Waals surface area contributed by atoms with Crippen molar-refractivity contribution < 1.29 is 14.4 Å². The fourth-order valence-corrected chi connectivity index (χ4v) is 2.02. The third kappa shape index (κ3) is 4.11. The van der Waals surface area contributed by atoms with E-state index in [9.17, 15) is 10.1 Å². The van der Waals surface area contributed by atoms with Crippen LogP contribution >= 0.6 is 0 Å². The number of benzene rings is 2. The van der Waals surface area contributed by atoms with Gasteiger partial charge in [0.15, 0.2) is 11.5 Å². The van der Waals surface area contributed by atoms with Crippen LogP contribution < -0.4 is 9.47 Å². The van der Waals surface area contributed by atoms with Crippen LogP contribution in [0.4, 0.5) is 0 Å². The minimum absolute atomic E-state index is 0.00458. The predicted octanol–water partition coefficient (Wildman–Crippen LogP) is 3.48. The highest BCUT2D eigenvalue weighted by atomic mass is 16.6. The second-order valence-corrected chi connectivity index (χ2v) is 4.56. The molecule has 0 amide bonds. The van der Waals surface area contributed by atoms with Crippen LogP contribution in [0, 0.1) is 22.5 Å². The number of nitro groups is 1. The van der Waals surface area contributed by atoms with Gasteiger partial charge in [-0.3, -0.25) is 10.1 Å². The second kappa shape index (κ2) is 7.66. The van der Waals surface area contributed by atoms with E-state index in [-0.39, 0.29) is 12.3 Å². The summed E-state index contributed by atoms with van der Waals surface area (Å²) in [5.74, 6) is 3.33. The van der Waals surface area contributed by atoms with E-state index >= 15 is 0 Å². The molecule has 2 aromatic carbocycles. The van der Waals surface area contributed by atoms with E-state index < -0.39 is 4.92 Å². The minimum Gasteiger partial charge on any atom is -0.493 e. The number of rotatable bonds is 6. The van der Waals surface area contributed by atoms with Gasteiger partial charge in [0.1, 0.15) is 6.61 Å². The lowest BCUT2D eigenvalue weighted by Crippen LogP contribution is -1.99. The topological polar surface area (TPSA) is 61.6 Å². The van der Waals surface area contributed by atoms with E-state index in [4.69, 9.17) is 15.9 Å². The first-order chi connectivity index (χ1) is 11.2. The largest absolute Gasteiger partial charge is 0.493 e. The van der Waals surface area contributed by atoms with Gasteiger partial charge in [-0.1, -0.05) is 30.2 Å². The summed E-state index contributed by atoms with van der Waals surface area (Å²) in [6.07, 6.45) is 6.65. The Hall–Kier alpha value is -3.26. The van der Waals surface area contributed by atoms with Crippen molar-refractivity contribution in [3.05, 3.63) is 69.8 Å². The predicted molar refractivity (Wildman–Crippen MR) is 88.6 cm³/mol. The molecule has 116 valence electrons. The molecule has 0 saturated heterocycles. The molecule has 0 aliphatic heterocycles. The molecule has 5 heteroatoms. The summed E-state index contributed by atoms with van der Waals surface area (Å²) in [5.41, 5.74) is 1.17. The first kappa shape index (κ1) is 16.1. The molecule has 0 N–H and O–H groups in total. The lowest BCUT2D eigenvalue weighted by atomic mass is 10.1. The van der Waals surface area contributed by atoms with Crippen LogP contribution in [0.15, 0.2) is 48.5 Å². The molecule has 0 heterocycles. The second-order valence-electron chi connectivity index (χ2n) is 4.56. The number of hydrogen-bond donors (Lipinski definition) is 0. The van der Waals surface area contributed by atoms with Crippen LogP contribution in [0.5, 0.6) is 11.5 Å². The third-order valence-electron chi connectivity index (χ3n) is 3.07. The van der Waals surface area contributed by atoms with Gasteiger partial charge < -0.3 is 9.47 Å². The van der Waals surface area contributed by atoms with Crippen molar-refractivity contribution in [2.75, 3.05) is 13.7 Å². The number of hydrogen-bond acceptors (Lipinski definition) is 4. The van der Waals surface area contributed by atoms with E-state index in [0.717, 1.165) is 0 Å². The van der Waals surface area contributed by atoms with Gasteiger partial charge >= 0.3 is 0 Å². The van der Waals surface area contributed by atoms with Crippen LogP contribution in [0.25, 0.3) is 11.8 Å². The normalized spacial score (nSPS) is 10.7. The highest BCUT2D eigenvalue weighted by molar-refractivity contribution is 5.77. The average Bonchev–Trinajstić information content (AvgIpc) is 2.58. The fraction of sp³-hybridized carbons (Fsp3) is 0.111. The van der Waals surface area contributed by atoms with Crippen molar-refractivity contribution >= 4 is 11.8 Å². The van der Waals surface area contributed by atoms with Crippen LogP contribution in [0.3, 0.4) is 0 Å². The molecular formula is C18H15NO4. The Morgan fingerprint density at radius 2 is 2.00 bits per heavy atom. The van der Waals surface area contributed by atoms with Gasteiger partial charge in [0.05, 0.1) is 17.6 Å². The van der Waals surface area contributed by atoms with Crippen LogP contribution in [-0.4, -0.2) is 18.6 Å². The van der Waals surface area contributed by atoms with Crippen molar-refractivity contribution in [2.45, 2.75) is 0 Å². The standard InChI is InChI=1S/C18H15NO4/c1-3-11-23-17-10-9-14(13-18(17)22-2)12-16(19(20)21)15-7-5-4-6-8-15/h1,4-10,12-13H,11H2,2H3. The zero-order chi connectivity index (χ0) is 16.7. The molecular weight excluding hydrogens is 294 g/mol. The summed E-state index contributed by atoms with van der Waals surface area (Å²) in [7, 11) is 1.50. The van der Waals surface area contributed by atoms with Crippen LogP contribution in [0.1, 0.15) is 11.1 Å². The van der Waals surface area contributed by atoms with Crippen molar-refractivity contribution in [1.82, 2.24) is 0 Å². The summed E-state index contributed by atoms with van der Waals surface area (Å²) in [4.78, 5) is 10.9. The molecule has 5 nitrogen and oxygen atoms in total. The fourth-order valence-electron chi connectivity index (χ4n) is 2.02. The molecule has 0 aliphatic carbocycles. The monoisotopic (exact) mass is 309 g/mol. The first-order valence-corrected chi connectivity index (χ1v) is 6.81. The SMILES string of the molecule is C#CCOc1ccc(C=C(c2ccccc2)[N+](=O)[O-])cc1OC. The van der Waals surface area contributed by atoms with Gasteiger partial charge in [0.25, 0.3) is 5.70 Å². The molecule has 2 aromatic rings. The molecule has 0 saturated carbocycles. The van der Waals surface area contributed by atoms with Gasteiger partial charge in [-0.05, 0) is 29.8 Å². The van der Waals surface area contributed by atoms with Gasteiger partial charge in [-0.2, -0.15) is 0 Å². The zero-order valence-corrected chi connectivity index (χ0v) is 12.6. The quantitative estimate of drug-likeness (QED) is 0.355. The Balaban J connectivity index is 2.40. The summed E-state index contributed by atoms with van der Waals surface area (Å²) < 4.78 is 10.6. The maximum Gasteiger partial charge on any atom is 0.277 e. The molecule has 0 atom stereocenters. The van der Waals surface area contributed by atoms with Gasteiger partial charge in [-0.25, -0.2) is 0 Å². The Morgan fingerprint density at radius 3 is 2.61 bits per heavy atom. The van der Waals surface area contributed by atoms with Crippen molar-refractivity contribution in [3.63, 3.8) is 0 Å². The summed E-state index contributed by atoms with van der Waals surface area (Å²) >= 11 is 0. The lowest BCUT2D eigenvalue weighted by Gasteiger charge is -2.09. The van der Waals surface area contributed by atoms with Crippen LogP contribution in [-0.2, 0) is 0 Å². The number of methoxy groups -OCH3 is 1. The van der Waals surface area contributed by atoms with Crippen molar-refractivity contribution in [2.24, 2.45) is 0 Å². The molecule has 0 aromatic heterocycles. The maximum atomic E-state index is 11.3. The molecule has 0 unspecified atom stereocenters. The Kier molecular flexibility index (Phi) is 5.37. The lowest BCUT2D eigenvalue weighted by molar-refractivity contribution is -0.374. The van der Waals surface area contributed by atoms with E-state index in [1.54, 1.807) is 42.5 Å². The molecule has 0 fully saturated rings. The Morgan fingerprint density at radius 1 is 1.26 bits per heavy atom. The smallest absolute Gasteiger partial charge is 0.277 e. The van der Waals surface area contributed by atoms with Crippen molar-refractivity contribution in [1.29, 1.82) is 0 Å². The van der Waals surface area contributed by atoms with Gasteiger partial charge in [0.2, 0.25) is 0 Å². The average molecular weight is 309 g/mol. The first-order valence-electron chi connectivity index (χ1n) is 6.81. The van der Waals surface area contributed by atoms with E-state index in [1.165, 1.54) is 13.2 Å². The highest BCUT2D eigenvalue weighted by Crippen LogP contribution is 2.30. The molecule has 0 bridgehead atoms. The maximum absolute atomic E-state index is 11.3. The van der Waals surface area contributed by atoms with Gasteiger partial charge in [0, 0.05) is 6.08 Å². The minimum atomic E-state index is -0.412. The Labute approximate surface area is 134 Å². The number of nitrogens with zero attached hydrogens (tertiary/aromatic N) is 1. The summed E-state index contributed by atoms with van der Waals surface area (Å²) in [5, 5.41) is 11.3. The number of ether oxygens (including phenoxy) is 2. The molecule has 0 spiro atoms. The van der Waals surface area contributed by atoms with E-state index in [2.05, 4.69) is 5.92 Å². The van der Waals surface area contributed by atoms with Crippen LogP contribution in [0.2, 0.25) is 0 Å². The zero-order valence-electron chi connectivity index (χ0n) is 12.6. The van der Waals surface area contributed by atoms with Gasteiger partial charge in [-0.15, -0.1) is 6.42 Å². The highest BCUT2D eigenvalue weighted by Gasteiger charge is 2.14. The molecule has 0 aliphatic rings. The van der Waals surface area contributed by atoms with E-state index in [1.807, 2.05) is 6.07 Å². The third-order valence-corrected chi connectivity index (χ3v) is 3.07. The van der Waals surface area contributed by atoms with E-state index in [0.29, 0.717) is 22.6 Å². The molecule has 0 radical (unpaired) electrons. The molecule has 2 rings (SSSR count). The Bertz CT molecular complexity index is 760. The molecule has 23 heavy (non-hydrogen) atoms. The number of terminal acetylenes is 1. The summed E-state index contributed by atoms with van der Waals surface area (Å²) in [6.45, 7) is 0.121. The van der Waals surface area contributed by atoms with Crippen molar-refractivity contribution in [3.8, 4) is 23.8 Å².